The van der Waals surface area contributed by atoms with E-state index in [1.165, 1.54) is 12.0 Å². The number of methoxy groups -OCH3 is 1. The summed E-state index contributed by atoms with van der Waals surface area (Å²) in [6.45, 7) is 3.47. The van der Waals surface area contributed by atoms with Crippen molar-refractivity contribution in [3.05, 3.63) is 35.7 Å². The van der Waals surface area contributed by atoms with Crippen molar-refractivity contribution in [3.63, 3.8) is 0 Å². The maximum absolute atomic E-state index is 13.3. The largest absolute Gasteiger partial charge is 0.468 e. The average Bonchev–Trinajstić information content (AvgIpc) is 3.25. The van der Waals surface area contributed by atoms with Gasteiger partial charge in [0.25, 0.3) is 5.91 Å². The first kappa shape index (κ1) is 20.7. The molecule has 2 atom stereocenters. The minimum absolute atomic E-state index is 0.428. The summed E-state index contributed by atoms with van der Waals surface area (Å²) in [6, 6.07) is 6.73. The Morgan fingerprint density at radius 3 is 2.35 bits per heavy atom. The van der Waals surface area contributed by atoms with Gasteiger partial charge in [0.2, 0.25) is 5.96 Å². The fourth-order valence-corrected chi connectivity index (χ4v) is 4.16. The second-order valence-corrected chi connectivity index (χ2v) is 7.97. The van der Waals surface area contributed by atoms with Crippen molar-refractivity contribution in [2.75, 3.05) is 44.6 Å². The zero-order valence-corrected chi connectivity index (χ0v) is 18.5. The van der Waals surface area contributed by atoms with E-state index < -0.39 is 36.7 Å². The molecule has 0 spiro atoms. The lowest BCUT2D eigenvalue weighted by Crippen LogP contribution is -2.65. The number of fused-ring (bicyclic) bond motifs is 3. The molecular formula is C21H26N6O4. The van der Waals surface area contributed by atoms with Gasteiger partial charge in [0, 0.05) is 43.9 Å². The van der Waals surface area contributed by atoms with Crippen LogP contribution in [0.1, 0.15) is 13.8 Å². The minimum Gasteiger partial charge on any atom is -0.468 e. The van der Waals surface area contributed by atoms with E-state index in [1.807, 2.05) is 66.9 Å². The number of carbonyl (C=O) groups is 3. The predicted octanol–water partition coefficient (Wildman–Crippen LogP) is 1.26. The second kappa shape index (κ2) is 7.29. The van der Waals surface area contributed by atoms with Crippen LogP contribution in [0.4, 0.5) is 16.2 Å². The van der Waals surface area contributed by atoms with Crippen LogP contribution in [0.15, 0.2) is 40.7 Å². The van der Waals surface area contributed by atoms with Crippen LogP contribution in [0, 0.1) is 0 Å². The number of nitrogens with zero attached hydrogens (tertiary/aromatic N) is 6. The van der Waals surface area contributed by atoms with E-state index in [2.05, 4.69) is 4.74 Å². The van der Waals surface area contributed by atoms with Gasteiger partial charge in [0.15, 0.2) is 12.2 Å². The lowest BCUT2D eigenvalue weighted by molar-refractivity contribution is -0.148. The van der Waals surface area contributed by atoms with E-state index in [0.717, 1.165) is 27.7 Å². The van der Waals surface area contributed by atoms with Crippen LogP contribution in [-0.4, -0.2) is 85.6 Å². The number of hydrogen-bond donors (Lipinski definition) is 0. The summed E-state index contributed by atoms with van der Waals surface area (Å²) >= 11 is 0. The third-order valence-corrected chi connectivity index (χ3v) is 6.03. The van der Waals surface area contributed by atoms with Crippen molar-refractivity contribution in [2.45, 2.75) is 26.1 Å². The third kappa shape index (κ3) is 3.01. The van der Waals surface area contributed by atoms with Gasteiger partial charge in [0.05, 0.1) is 7.11 Å². The molecule has 3 aliphatic rings. The number of benzene rings is 1. The van der Waals surface area contributed by atoms with Crippen LogP contribution in [-0.2, 0) is 14.3 Å². The van der Waals surface area contributed by atoms with Crippen LogP contribution in [0.25, 0.3) is 0 Å². The van der Waals surface area contributed by atoms with Gasteiger partial charge in [-0.05, 0) is 38.1 Å². The molecular weight excluding hydrogens is 400 g/mol. The first-order chi connectivity index (χ1) is 14.7. The number of anilines is 2. The summed E-state index contributed by atoms with van der Waals surface area (Å²) in [5, 5.41) is 0. The molecule has 0 aliphatic carbocycles. The van der Waals surface area contributed by atoms with Crippen LogP contribution < -0.4 is 9.80 Å². The molecule has 3 aliphatic heterocycles. The first-order valence-corrected chi connectivity index (χ1v) is 9.94. The molecule has 0 N–H and O–H groups in total. The van der Waals surface area contributed by atoms with E-state index in [4.69, 9.17) is 4.99 Å². The number of rotatable bonds is 4. The monoisotopic (exact) mass is 426 g/mol. The maximum Gasteiger partial charge on any atom is 0.328 e. The van der Waals surface area contributed by atoms with Gasteiger partial charge >= 0.3 is 12.0 Å². The Labute approximate surface area is 180 Å². The molecule has 0 aromatic heterocycles. The van der Waals surface area contributed by atoms with Crippen molar-refractivity contribution < 1.29 is 19.1 Å². The zero-order valence-electron chi connectivity index (χ0n) is 18.5. The standard InChI is InChI=1S/C21H26N6O4/c1-12-13(2)27-17-18(24(5)21(30)25(19(17)29)11-16(28)31-6)22-20(27)26(12)15-9-7-14(8-10-15)23(3)4/h7-10,17-18H,11H2,1-6H3. The number of likely N-dealkylation sites (N-methyl/N-ethyl adjacent to an activating group) is 1. The Morgan fingerprint density at radius 1 is 1.13 bits per heavy atom. The number of guanidine groups is 1. The molecule has 1 aromatic carbocycles. The Morgan fingerprint density at radius 2 is 1.77 bits per heavy atom. The number of hydrogen-bond acceptors (Lipinski definition) is 8. The molecule has 164 valence electrons. The molecule has 0 radical (unpaired) electrons. The number of allylic oxidation sites excluding steroid dienone is 2. The van der Waals surface area contributed by atoms with Crippen LogP contribution >= 0.6 is 0 Å². The molecule has 0 saturated carbocycles. The molecule has 31 heavy (non-hydrogen) atoms. The third-order valence-electron chi connectivity index (χ3n) is 6.03. The van der Waals surface area contributed by atoms with Gasteiger partial charge < -0.3 is 14.5 Å². The van der Waals surface area contributed by atoms with Crippen molar-refractivity contribution >= 4 is 35.2 Å². The topological polar surface area (TPSA) is 89.0 Å². The highest BCUT2D eigenvalue weighted by Gasteiger charge is 2.56. The predicted molar refractivity (Wildman–Crippen MR) is 115 cm³/mol. The normalized spacial score (nSPS) is 22.7. The quantitative estimate of drug-likeness (QED) is 0.670. The SMILES string of the molecule is COC(=O)CN1C(=O)C2C(N=C3N(c4ccc(N(C)C)cc4)C(C)=C(C)N32)N(C)C1=O. The van der Waals surface area contributed by atoms with E-state index >= 15 is 0 Å². The summed E-state index contributed by atoms with van der Waals surface area (Å²) in [4.78, 5) is 50.8. The highest BCUT2D eigenvalue weighted by Crippen LogP contribution is 2.40. The van der Waals surface area contributed by atoms with Crippen LogP contribution in [0.2, 0.25) is 0 Å². The zero-order chi connectivity index (χ0) is 22.6. The van der Waals surface area contributed by atoms with E-state index in [1.54, 1.807) is 7.05 Å². The van der Waals surface area contributed by atoms with Crippen molar-refractivity contribution in [3.8, 4) is 0 Å². The van der Waals surface area contributed by atoms with Gasteiger partial charge in [-0.15, -0.1) is 0 Å². The second-order valence-electron chi connectivity index (χ2n) is 7.97. The number of aliphatic imine (C=N–C) groups is 1. The Hall–Kier alpha value is -3.56. The van der Waals surface area contributed by atoms with E-state index in [9.17, 15) is 14.4 Å². The Kier molecular flexibility index (Phi) is 4.87. The van der Waals surface area contributed by atoms with Crippen LogP contribution in [0.5, 0.6) is 0 Å². The molecule has 10 heteroatoms. The van der Waals surface area contributed by atoms with Crippen molar-refractivity contribution in [2.24, 2.45) is 4.99 Å². The molecule has 2 unspecified atom stereocenters. The number of amides is 3. The van der Waals surface area contributed by atoms with Gasteiger partial charge in [-0.2, -0.15) is 0 Å². The lowest BCUT2D eigenvalue weighted by Gasteiger charge is -2.40. The molecule has 1 saturated heterocycles. The van der Waals surface area contributed by atoms with Gasteiger partial charge in [-0.1, -0.05) is 0 Å². The average molecular weight is 426 g/mol. The number of esters is 1. The Balaban J connectivity index is 1.71. The number of urea groups is 1. The Bertz CT molecular complexity index is 1020. The highest BCUT2D eigenvalue weighted by atomic mass is 16.5. The molecule has 3 heterocycles. The summed E-state index contributed by atoms with van der Waals surface area (Å²) in [7, 11) is 6.77. The first-order valence-electron chi connectivity index (χ1n) is 9.94. The van der Waals surface area contributed by atoms with E-state index in [-0.39, 0.29) is 0 Å². The van der Waals surface area contributed by atoms with Gasteiger partial charge in [-0.25, -0.2) is 9.79 Å². The number of imide groups is 1. The molecule has 3 amide bonds. The summed E-state index contributed by atoms with van der Waals surface area (Å²) < 4.78 is 4.66. The molecule has 1 aromatic rings. The van der Waals surface area contributed by atoms with Gasteiger partial charge in [0.1, 0.15) is 6.54 Å². The molecule has 10 nitrogen and oxygen atoms in total. The van der Waals surface area contributed by atoms with Crippen LogP contribution in [0.3, 0.4) is 0 Å². The number of ether oxygens (including phenoxy) is 1. The van der Waals surface area contributed by atoms with Crippen molar-refractivity contribution in [1.29, 1.82) is 0 Å². The maximum atomic E-state index is 13.3. The van der Waals surface area contributed by atoms with Crippen molar-refractivity contribution in [1.82, 2.24) is 14.7 Å². The summed E-state index contributed by atoms with van der Waals surface area (Å²) in [6.07, 6.45) is -0.671. The fourth-order valence-electron chi connectivity index (χ4n) is 4.16. The lowest BCUT2D eigenvalue weighted by atomic mass is 10.1. The highest BCUT2D eigenvalue weighted by molar-refractivity contribution is 6.11. The summed E-state index contributed by atoms with van der Waals surface area (Å²) in [5.41, 5.74) is 3.80. The minimum atomic E-state index is -0.733. The summed E-state index contributed by atoms with van der Waals surface area (Å²) in [5.74, 6) is -0.523. The smallest absolute Gasteiger partial charge is 0.328 e. The molecule has 0 bridgehead atoms. The molecule has 4 rings (SSSR count). The van der Waals surface area contributed by atoms with E-state index in [0.29, 0.717) is 5.96 Å². The van der Waals surface area contributed by atoms with Gasteiger partial charge in [-0.3, -0.25) is 24.3 Å². The molecule has 1 fully saturated rings. The number of carbonyl (C=O) groups excluding carboxylic acids is 3. The fraction of sp³-hybridized carbons (Fsp3) is 0.429.